The number of para-hydroxylation sites is 1. The molecule has 1 aromatic heterocycles. The summed E-state index contributed by atoms with van der Waals surface area (Å²) in [6.45, 7) is 0. The first-order chi connectivity index (χ1) is 16.3. The average molecular weight is 467 g/mol. The molecule has 0 aliphatic carbocycles. The molecule has 0 fully saturated rings. The monoisotopic (exact) mass is 467 g/mol. The van der Waals surface area contributed by atoms with Crippen molar-refractivity contribution in [3.8, 4) is 28.4 Å². The number of nitrogens with zero attached hydrogens (tertiary/aromatic N) is 2. The van der Waals surface area contributed by atoms with Crippen LogP contribution in [-0.2, 0) is 6.18 Å². The maximum atomic E-state index is 13.2. The van der Waals surface area contributed by atoms with Crippen LogP contribution in [0.4, 0.5) is 18.9 Å². The van der Waals surface area contributed by atoms with Crippen LogP contribution in [0.1, 0.15) is 15.9 Å². The third-order valence-electron chi connectivity index (χ3n) is 5.11. The second kappa shape index (κ2) is 9.30. The van der Waals surface area contributed by atoms with E-state index >= 15 is 0 Å². The lowest BCUT2D eigenvalue weighted by molar-refractivity contribution is -0.137. The van der Waals surface area contributed by atoms with Crippen molar-refractivity contribution in [1.82, 2.24) is 9.78 Å². The highest BCUT2D eigenvalue weighted by molar-refractivity contribution is 6.08. The van der Waals surface area contributed by atoms with Crippen LogP contribution in [-0.4, -0.2) is 29.9 Å². The minimum absolute atomic E-state index is 0.204. The molecule has 0 aliphatic heterocycles. The van der Waals surface area contributed by atoms with Crippen LogP contribution in [0.25, 0.3) is 16.9 Å². The van der Waals surface area contributed by atoms with Gasteiger partial charge in [-0.05, 0) is 54.6 Å². The number of ether oxygens (including phenoxy) is 2. The molecule has 0 saturated heterocycles. The first kappa shape index (κ1) is 22.9. The molecule has 1 amide bonds. The Balaban J connectivity index is 1.77. The van der Waals surface area contributed by atoms with E-state index in [0.717, 1.165) is 17.8 Å². The van der Waals surface area contributed by atoms with Gasteiger partial charge < -0.3 is 14.8 Å². The molecule has 3 aromatic carbocycles. The molecule has 0 aliphatic rings. The van der Waals surface area contributed by atoms with Crippen molar-refractivity contribution in [2.45, 2.75) is 6.18 Å². The summed E-state index contributed by atoms with van der Waals surface area (Å²) in [6.07, 6.45) is -2.90. The molecule has 6 nitrogen and oxygen atoms in total. The number of aromatic nitrogens is 2. The molecule has 0 bridgehead atoms. The van der Waals surface area contributed by atoms with E-state index in [9.17, 15) is 18.0 Å². The molecule has 1 N–H and O–H groups in total. The molecule has 0 radical (unpaired) electrons. The summed E-state index contributed by atoms with van der Waals surface area (Å²) in [6, 6.07) is 18.5. The van der Waals surface area contributed by atoms with Gasteiger partial charge in [-0.25, -0.2) is 4.68 Å². The summed E-state index contributed by atoms with van der Waals surface area (Å²) in [5, 5.41) is 7.26. The fourth-order valence-corrected chi connectivity index (χ4v) is 3.39. The number of nitrogens with one attached hydrogen (secondary N) is 1. The van der Waals surface area contributed by atoms with E-state index in [0.29, 0.717) is 22.8 Å². The van der Waals surface area contributed by atoms with Gasteiger partial charge in [0.25, 0.3) is 5.91 Å². The molecule has 34 heavy (non-hydrogen) atoms. The molecule has 0 atom stereocenters. The number of methoxy groups -OCH3 is 2. The van der Waals surface area contributed by atoms with E-state index in [1.807, 2.05) is 30.3 Å². The van der Waals surface area contributed by atoms with E-state index in [1.165, 1.54) is 26.4 Å². The van der Waals surface area contributed by atoms with Gasteiger partial charge in [0, 0.05) is 17.4 Å². The maximum Gasteiger partial charge on any atom is 0.416 e. The zero-order valence-electron chi connectivity index (χ0n) is 18.3. The Kier molecular flexibility index (Phi) is 6.27. The Morgan fingerprint density at radius 1 is 0.941 bits per heavy atom. The number of benzene rings is 3. The van der Waals surface area contributed by atoms with E-state index in [4.69, 9.17) is 9.47 Å². The smallest absolute Gasteiger partial charge is 0.416 e. The molecule has 0 spiro atoms. The largest absolute Gasteiger partial charge is 0.497 e. The Labute approximate surface area is 193 Å². The molecule has 174 valence electrons. The summed E-state index contributed by atoms with van der Waals surface area (Å²) < 4.78 is 50.9. The topological polar surface area (TPSA) is 65.4 Å². The zero-order valence-corrected chi connectivity index (χ0v) is 18.3. The lowest BCUT2D eigenvalue weighted by atomic mass is 10.1. The van der Waals surface area contributed by atoms with Gasteiger partial charge in [-0.2, -0.15) is 18.3 Å². The highest BCUT2D eigenvalue weighted by atomic mass is 19.4. The van der Waals surface area contributed by atoms with Crippen LogP contribution in [0.3, 0.4) is 0 Å². The van der Waals surface area contributed by atoms with Gasteiger partial charge in [0.15, 0.2) is 0 Å². The van der Waals surface area contributed by atoms with Gasteiger partial charge in [-0.3, -0.25) is 4.79 Å². The van der Waals surface area contributed by atoms with Gasteiger partial charge in [-0.15, -0.1) is 0 Å². The summed E-state index contributed by atoms with van der Waals surface area (Å²) in [5.74, 6) is 0.476. The van der Waals surface area contributed by atoms with Gasteiger partial charge in [0.05, 0.1) is 31.0 Å². The SMILES string of the molecule is COc1ccc(OC)c(-c2nn(-c3ccccc3)cc2C(=O)Nc2ccc(C(F)(F)F)cc2)c1. The molecule has 0 saturated carbocycles. The van der Waals surface area contributed by atoms with Crippen LogP contribution in [0.15, 0.2) is 79.0 Å². The van der Waals surface area contributed by atoms with Gasteiger partial charge in [0.1, 0.15) is 17.2 Å². The Hall–Kier alpha value is -4.27. The van der Waals surface area contributed by atoms with Crippen molar-refractivity contribution < 1.29 is 27.4 Å². The number of amides is 1. The first-order valence-electron chi connectivity index (χ1n) is 10.2. The third kappa shape index (κ3) is 4.73. The minimum atomic E-state index is -4.46. The van der Waals surface area contributed by atoms with Crippen LogP contribution in [0, 0.1) is 0 Å². The average Bonchev–Trinajstić information content (AvgIpc) is 3.29. The normalized spacial score (nSPS) is 11.2. The molecular weight excluding hydrogens is 447 g/mol. The molecule has 1 heterocycles. The van der Waals surface area contributed by atoms with E-state index in [1.54, 1.807) is 29.1 Å². The minimum Gasteiger partial charge on any atom is -0.497 e. The Bertz CT molecular complexity index is 1300. The van der Waals surface area contributed by atoms with Crippen LogP contribution in [0.2, 0.25) is 0 Å². The molecule has 0 unspecified atom stereocenters. The lowest BCUT2D eigenvalue weighted by Crippen LogP contribution is -2.13. The van der Waals surface area contributed by atoms with E-state index in [2.05, 4.69) is 10.4 Å². The number of hydrogen-bond donors (Lipinski definition) is 1. The first-order valence-corrected chi connectivity index (χ1v) is 10.2. The van der Waals surface area contributed by atoms with Crippen molar-refractivity contribution in [3.63, 3.8) is 0 Å². The number of anilines is 1. The number of carbonyl (C=O) groups is 1. The van der Waals surface area contributed by atoms with Gasteiger partial charge >= 0.3 is 6.18 Å². The van der Waals surface area contributed by atoms with Crippen molar-refractivity contribution in [2.75, 3.05) is 19.5 Å². The van der Waals surface area contributed by atoms with Crippen molar-refractivity contribution in [3.05, 3.63) is 90.1 Å². The van der Waals surface area contributed by atoms with Crippen LogP contribution >= 0.6 is 0 Å². The fourth-order valence-electron chi connectivity index (χ4n) is 3.39. The number of hydrogen-bond acceptors (Lipinski definition) is 4. The number of rotatable bonds is 6. The van der Waals surface area contributed by atoms with Crippen molar-refractivity contribution in [2.24, 2.45) is 0 Å². The Morgan fingerprint density at radius 3 is 2.26 bits per heavy atom. The summed E-state index contributed by atoms with van der Waals surface area (Å²) >= 11 is 0. The zero-order chi connectivity index (χ0) is 24.3. The quantitative estimate of drug-likeness (QED) is 0.388. The molecular formula is C25H20F3N3O3. The van der Waals surface area contributed by atoms with Gasteiger partial charge in [-0.1, -0.05) is 18.2 Å². The maximum absolute atomic E-state index is 13.2. The molecule has 4 rings (SSSR count). The summed E-state index contributed by atoms with van der Waals surface area (Å²) in [4.78, 5) is 13.2. The summed E-state index contributed by atoms with van der Waals surface area (Å²) in [5.41, 5.74) is 1.19. The predicted molar refractivity (Wildman–Crippen MR) is 122 cm³/mol. The molecule has 4 aromatic rings. The fraction of sp³-hybridized carbons (Fsp3) is 0.120. The second-order valence-electron chi connectivity index (χ2n) is 7.27. The van der Waals surface area contributed by atoms with Crippen LogP contribution < -0.4 is 14.8 Å². The highest BCUT2D eigenvalue weighted by Crippen LogP contribution is 2.35. The third-order valence-corrected chi connectivity index (χ3v) is 5.11. The number of halogens is 3. The van der Waals surface area contributed by atoms with Gasteiger partial charge in [0.2, 0.25) is 0 Å². The predicted octanol–water partition coefficient (Wildman–Crippen LogP) is 5.83. The Morgan fingerprint density at radius 2 is 1.65 bits per heavy atom. The highest BCUT2D eigenvalue weighted by Gasteiger charge is 2.30. The van der Waals surface area contributed by atoms with E-state index in [-0.39, 0.29) is 11.3 Å². The van der Waals surface area contributed by atoms with Crippen molar-refractivity contribution >= 4 is 11.6 Å². The number of carbonyl (C=O) groups excluding carboxylic acids is 1. The lowest BCUT2D eigenvalue weighted by Gasteiger charge is -2.11. The van der Waals surface area contributed by atoms with Crippen LogP contribution in [0.5, 0.6) is 11.5 Å². The van der Waals surface area contributed by atoms with Crippen molar-refractivity contribution in [1.29, 1.82) is 0 Å². The second-order valence-corrected chi connectivity index (χ2v) is 7.27. The van der Waals surface area contributed by atoms with E-state index < -0.39 is 17.6 Å². The number of alkyl halides is 3. The molecule has 9 heteroatoms. The standard InChI is InChI=1S/C25H20F3N3O3/c1-33-19-12-13-22(34-2)20(14-19)23-21(15-31(30-23)18-6-4-3-5-7-18)24(32)29-17-10-8-16(9-11-17)25(26,27)28/h3-15H,1-2H3,(H,29,32). The summed E-state index contributed by atoms with van der Waals surface area (Å²) in [7, 11) is 3.02.